The molecular weight excluding hydrogens is 399 g/mol. The average Bonchev–Trinajstić information content (AvgIpc) is 2.74. The summed E-state index contributed by atoms with van der Waals surface area (Å²) < 4.78 is 20.2. The first-order chi connectivity index (χ1) is 13.6. The van der Waals surface area contributed by atoms with Crippen LogP contribution in [0.5, 0.6) is 0 Å². The summed E-state index contributed by atoms with van der Waals surface area (Å²) in [4.78, 5) is 32.4. The molecule has 0 saturated carbocycles. The molecule has 29 heavy (non-hydrogen) atoms. The van der Waals surface area contributed by atoms with Crippen LogP contribution in [0.1, 0.15) is 75.2 Å². The zero-order valence-corrected chi connectivity index (χ0v) is 20.9. The molecule has 2 unspecified atom stereocenters. The van der Waals surface area contributed by atoms with E-state index in [1.165, 1.54) is 13.8 Å². The Bertz CT molecular complexity index is 446. The summed E-state index contributed by atoms with van der Waals surface area (Å²) in [5.41, 5.74) is -1.12. The van der Waals surface area contributed by atoms with Crippen LogP contribution < -0.4 is 10.6 Å². The molecule has 0 aromatic carbocycles. The minimum absolute atomic E-state index is 0.0823. The number of carbonyl (C=O) groups is 2. The molecule has 0 aromatic heterocycles. The molecule has 0 rings (SSSR count). The van der Waals surface area contributed by atoms with Gasteiger partial charge in [0.15, 0.2) is 0 Å². The van der Waals surface area contributed by atoms with Gasteiger partial charge in [-0.05, 0) is 6.42 Å². The van der Waals surface area contributed by atoms with Crippen molar-refractivity contribution in [3.8, 4) is 0 Å². The monoisotopic (exact) mass is 444 g/mol. The number of amides is 2. The van der Waals surface area contributed by atoms with E-state index in [2.05, 4.69) is 19.7 Å². The van der Waals surface area contributed by atoms with Crippen LogP contribution in [0.2, 0.25) is 0 Å². The number of aliphatic hydroxyl groups is 1. The standard InChI is InChI=1S/C13H27N2O7P.3C2H6/c1-5-7-14-10(16)6-8-15-12(18)11(17)13(2,3)9-22-23(19,20)21-4;3*1-2/h11,17H,5-9H2,1-4H3,(H,14,16)(H,15,18)(H,19,20);3*1-2H3. The first-order valence-electron chi connectivity index (χ1n) is 10.3. The molecule has 0 radical (unpaired) electrons. The summed E-state index contributed by atoms with van der Waals surface area (Å²) in [6, 6.07) is 0. The van der Waals surface area contributed by atoms with E-state index in [0.29, 0.717) is 6.54 Å². The SMILES string of the molecule is CC.CC.CC.CCCNC(=O)CCNC(=O)C(O)C(C)(C)COP(=O)(O)OC. The molecule has 0 aliphatic carbocycles. The van der Waals surface area contributed by atoms with Gasteiger partial charge in [0.25, 0.3) is 0 Å². The van der Waals surface area contributed by atoms with Crippen LogP contribution in [0.25, 0.3) is 0 Å². The Balaban J connectivity index is -0.000000472. The summed E-state index contributed by atoms with van der Waals surface area (Å²) in [5.74, 6) is -0.877. The quantitative estimate of drug-likeness (QED) is 0.359. The maximum Gasteiger partial charge on any atom is 0.471 e. The molecule has 4 N–H and O–H groups in total. The molecule has 0 aliphatic heterocycles. The Morgan fingerprint density at radius 3 is 1.93 bits per heavy atom. The van der Waals surface area contributed by atoms with Gasteiger partial charge in [-0.25, -0.2) is 4.57 Å². The van der Waals surface area contributed by atoms with Crippen molar-refractivity contribution >= 4 is 19.6 Å². The van der Waals surface area contributed by atoms with Crippen LogP contribution in [0, 0.1) is 5.41 Å². The summed E-state index contributed by atoms with van der Waals surface area (Å²) >= 11 is 0. The molecular formula is C19H45N2O7P. The number of phosphoric ester groups is 1. The van der Waals surface area contributed by atoms with Gasteiger partial charge in [0.1, 0.15) is 6.10 Å². The molecule has 0 aliphatic rings. The molecule has 0 heterocycles. The highest BCUT2D eigenvalue weighted by atomic mass is 31.2. The lowest BCUT2D eigenvalue weighted by Gasteiger charge is -2.29. The van der Waals surface area contributed by atoms with Crippen LogP contribution in [-0.4, -0.2) is 54.7 Å². The highest BCUT2D eigenvalue weighted by Crippen LogP contribution is 2.43. The van der Waals surface area contributed by atoms with Crippen LogP contribution in [-0.2, 0) is 23.2 Å². The zero-order chi connectivity index (χ0) is 24.1. The van der Waals surface area contributed by atoms with E-state index in [9.17, 15) is 19.3 Å². The minimum Gasteiger partial charge on any atom is -0.383 e. The van der Waals surface area contributed by atoms with E-state index >= 15 is 0 Å². The Labute approximate surface area is 177 Å². The predicted octanol–water partition coefficient (Wildman–Crippen LogP) is 3.25. The summed E-state index contributed by atoms with van der Waals surface area (Å²) in [6.45, 7) is 17.2. The minimum atomic E-state index is -4.18. The maximum atomic E-state index is 11.9. The van der Waals surface area contributed by atoms with E-state index in [1.807, 2.05) is 48.5 Å². The first kappa shape index (κ1) is 35.4. The van der Waals surface area contributed by atoms with Crippen molar-refractivity contribution in [2.75, 3.05) is 26.8 Å². The third-order valence-electron chi connectivity index (χ3n) is 3.04. The van der Waals surface area contributed by atoms with Crippen LogP contribution in [0.15, 0.2) is 0 Å². The molecule has 2 atom stereocenters. The Morgan fingerprint density at radius 2 is 1.52 bits per heavy atom. The van der Waals surface area contributed by atoms with Gasteiger partial charge in [-0.1, -0.05) is 62.3 Å². The highest BCUT2D eigenvalue weighted by Gasteiger charge is 2.36. The van der Waals surface area contributed by atoms with Gasteiger partial charge in [-0.3, -0.25) is 18.6 Å². The summed E-state index contributed by atoms with van der Waals surface area (Å²) in [5, 5.41) is 15.1. The third kappa shape index (κ3) is 20.1. The molecule has 0 saturated heterocycles. The first-order valence-corrected chi connectivity index (χ1v) is 11.8. The lowest BCUT2D eigenvalue weighted by Crippen LogP contribution is -2.46. The van der Waals surface area contributed by atoms with Crippen LogP contribution >= 0.6 is 7.82 Å². The number of aliphatic hydroxyl groups excluding tert-OH is 1. The van der Waals surface area contributed by atoms with Crippen molar-refractivity contribution in [3.63, 3.8) is 0 Å². The summed E-state index contributed by atoms with van der Waals surface area (Å²) in [7, 11) is -3.17. The maximum absolute atomic E-state index is 11.9. The fourth-order valence-corrected chi connectivity index (χ4v) is 2.08. The Morgan fingerprint density at radius 1 is 1.03 bits per heavy atom. The molecule has 0 spiro atoms. The number of hydrogen-bond acceptors (Lipinski definition) is 6. The number of nitrogens with one attached hydrogen (secondary N) is 2. The second-order valence-corrected chi connectivity index (χ2v) is 7.27. The van der Waals surface area contributed by atoms with Crippen molar-refractivity contribution < 1.29 is 33.2 Å². The fraction of sp³-hybridized carbons (Fsp3) is 0.895. The van der Waals surface area contributed by atoms with Gasteiger partial charge in [0.2, 0.25) is 11.8 Å². The predicted molar refractivity (Wildman–Crippen MR) is 118 cm³/mol. The molecule has 0 bridgehead atoms. The van der Waals surface area contributed by atoms with Gasteiger partial charge in [0.05, 0.1) is 6.61 Å². The number of hydrogen-bond donors (Lipinski definition) is 4. The van der Waals surface area contributed by atoms with Crippen molar-refractivity contribution in [3.05, 3.63) is 0 Å². The second-order valence-electron chi connectivity index (χ2n) is 5.71. The van der Waals surface area contributed by atoms with E-state index in [-0.39, 0.29) is 25.5 Å². The normalized spacial score (nSPS) is 13.0. The smallest absolute Gasteiger partial charge is 0.383 e. The topological polar surface area (TPSA) is 134 Å². The zero-order valence-electron chi connectivity index (χ0n) is 20.0. The molecule has 9 nitrogen and oxygen atoms in total. The summed E-state index contributed by atoms with van der Waals surface area (Å²) in [6.07, 6.45) is -0.551. The number of carbonyl (C=O) groups excluding carboxylic acids is 2. The van der Waals surface area contributed by atoms with Gasteiger partial charge in [-0.15, -0.1) is 0 Å². The van der Waals surface area contributed by atoms with E-state index in [1.54, 1.807) is 0 Å². The highest BCUT2D eigenvalue weighted by molar-refractivity contribution is 7.47. The van der Waals surface area contributed by atoms with Crippen molar-refractivity contribution in [2.24, 2.45) is 5.41 Å². The van der Waals surface area contributed by atoms with Crippen LogP contribution in [0.3, 0.4) is 0 Å². The average molecular weight is 445 g/mol. The van der Waals surface area contributed by atoms with Gasteiger partial charge >= 0.3 is 7.82 Å². The van der Waals surface area contributed by atoms with E-state index < -0.39 is 25.2 Å². The molecule has 2 amide bonds. The Hall–Kier alpha value is -0.990. The van der Waals surface area contributed by atoms with Gasteiger partial charge < -0.3 is 20.6 Å². The molecule has 0 aromatic rings. The third-order valence-corrected chi connectivity index (χ3v) is 3.96. The lowest BCUT2D eigenvalue weighted by atomic mass is 9.87. The van der Waals surface area contributed by atoms with Gasteiger partial charge in [0, 0.05) is 32.0 Å². The largest absolute Gasteiger partial charge is 0.471 e. The van der Waals surface area contributed by atoms with Crippen LogP contribution in [0.4, 0.5) is 0 Å². The van der Waals surface area contributed by atoms with E-state index in [0.717, 1.165) is 13.5 Å². The molecule has 178 valence electrons. The number of phosphoric acid groups is 1. The second kappa shape index (κ2) is 21.7. The molecule has 10 heteroatoms. The lowest BCUT2D eigenvalue weighted by molar-refractivity contribution is -0.137. The van der Waals surface area contributed by atoms with Gasteiger partial charge in [-0.2, -0.15) is 0 Å². The van der Waals surface area contributed by atoms with Crippen molar-refractivity contribution in [2.45, 2.75) is 81.3 Å². The van der Waals surface area contributed by atoms with Crippen molar-refractivity contribution in [1.29, 1.82) is 0 Å². The Kier molecular flexibility index (Phi) is 26.5. The van der Waals surface area contributed by atoms with Crippen molar-refractivity contribution in [1.82, 2.24) is 10.6 Å². The van der Waals surface area contributed by atoms with E-state index in [4.69, 9.17) is 4.89 Å². The fourth-order valence-electron chi connectivity index (χ4n) is 1.48. The number of rotatable bonds is 11. The molecule has 0 fully saturated rings.